The number of nitrogens with zero attached hydrogens (tertiary/aromatic N) is 1. The molecule has 0 saturated carbocycles. The first kappa shape index (κ1) is 10.7. The fraction of sp³-hybridized carbons (Fsp3) is 0. The highest BCUT2D eigenvalue weighted by atomic mass is 79.9. The molecule has 0 atom stereocenters. The van der Waals surface area contributed by atoms with Crippen LogP contribution >= 0.6 is 38.6 Å². The minimum Gasteiger partial charge on any atom is -0.337 e. The van der Waals surface area contributed by atoms with E-state index in [9.17, 15) is 0 Å². The van der Waals surface area contributed by atoms with Gasteiger partial charge in [0.15, 0.2) is 0 Å². The van der Waals surface area contributed by atoms with Crippen LogP contribution in [0.4, 0.5) is 0 Å². The molecular weight excluding hydrogens is 328 g/mol. The first-order valence-electron chi connectivity index (χ1n) is 5.42. The van der Waals surface area contributed by atoms with E-state index in [1.807, 2.05) is 12.1 Å². The van der Waals surface area contributed by atoms with Gasteiger partial charge in [-0.3, -0.25) is 0 Å². The molecule has 0 radical (unpaired) electrons. The third-order valence-electron chi connectivity index (χ3n) is 2.82. The highest BCUT2D eigenvalue weighted by Gasteiger charge is 2.09. The number of thiophene rings is 2. The van der Waals surface area contributed by atoms with E-state index in [1.54, 1.807) is 22.7 Å². The molecule has 1 N–H and O–H groups in total. The molecule has 3 aromatic heterocycles. The van der Waals surface area contributed by atoms with Crippen LogP contribution in [0.15, 0.2) is 40.2 Å². The van der Waals surface area contributed by atoms with Crippen molar-refractivity contribution in [2.45, 2.75) is 0 Å². The lowest BCUT2D eigenvalue weighted by Crippen LogP contribution is -1.72. The number of fused-ring (bicyclic) bond motifs is 2. The van der Waals surface area contributed by atoms with E-state index in [4.69, 9.17) is 0 Å². The Morgan fingerprint density at radius 3 is 2.94 bits per heavy atom. The molecule has 0 aliphatic heterocycles. The van der Waals surface area contributed by atoms with Gasteiger partial charge in [-0.05, 0) is 35.7 Å². The number of hydrogen-bond donors (Lipinski definition) is 1. The fourth-order valence-electron chi connectivity index (χ4n) is 1.98. The summed E-state index contributed by atoms with van der Waals surface area (Å²) in [6.07, 6.45) is 0. The van der Waals surface area contributed by atoms with Gasteiger partial charge in [0.05, 0.1) is 15.9 Å². The molecule has 3 heterocycles. The predicted octanol–water partition coefficient (Wildman–Crippen LogP) is 5.27. The molecule has 4 aromatic rings. The summed E-state index contributed by atoms with van der Waals surface area (Å²) in [5.74, 6) is 0.955. The average Bonchev–Trinajstić information content (AvgIpc) is 2.99. The van der Waals surface area contributed by atoms with Crippen LogP contribution in [-0.4, -0.2) is 9.97 Å². The summed E-state index contributed by atoms with van der Waals surface area (Å²) < 4.78 is 3.73. The summed E-state index contributed by atoms with van der Waals surface area (Å²) in [7, 11) is 0. The smallest absolute Gasteiger partial charge is 0.148 e. The van der Waals surface area contributed by atoms with Gasteiger partial charge < -0.3 is 4.98 Å². The Labute approximate surface area is 119 Å². The second-order valence-corrected chi connectivity index (χ2v) is 6.95. The molecule has 0 saturated heterocycles. The van der Waals surface area contributed by atoms with Crippen molar-refractivity contribution >= 4 is 59.0 Å². The predicted molar refractivity (Wildman–Crippen MR) is 82.5 cm³/mol. The minimum absolute atomic E-state index is 0.955. The van der Waals surface area contributed by atoms with E-state index in [0.717, 1.165) is 21.3 Å². The Morgan fingerprint density at radius 2 is 2.06 bits per heavy atom. The van der Waals surface area contributed by atoms with E-state index >= 15 is 0 Å². The molecular formula is C13H7BrN2S2. The van der Waals surface area contributed by atoms with E-state index in [0.29, 0.717) is 0 Å². The zero-order valence-electron chi connectivity index (χ0n) is 9.11. The average molecular weight is 335 g/mol. The Morgan fingerprint density at radius 1 is 1.11 bits per heavy atom. The molecule has 0 spiro atoms. The SMILES string of the molecule is Brc1ccc2nc(-c3cc4sccc4s3)[nH]c2c1. The van der Waals surface area contributed by atoms with Gasteiger partial charge in [-0.15, -0.1) is 22.7 Å². The lowest BCUT2D eigenvalue weighted by molar-refractivity contribution is 1.36. The number of H-pyrrole nitrogens is 1. The normalized spacial score (nSPS) is 11.6. The van der Waals surface area contributed by atoms with E-state index in [1.165, 1.54) is 14.3 Å². The second kappa shape index (κ2) is 3.91. The van der Waals surface area contributed by atoms with Gasteiger partial charge >= 0.3 is 0 Å². The third kappa shape index (κ3) is 1.62. The minimum atomic E-state index is 0.955. The van der Waals surface area contributed by atoms with Crippen molar-refractivity contribution in [1.29, 1.82) is 0 Å². The van der Waals surface area contributed by atoms with Gasteiger partial charge in [0, 0.05) is 13.9 Å². The van der Waals surface area contributed by atoms with E-state index < -0.39 is 0 Å². The highest BCUT2D eigenvalue weighted by Crippen LogP contribution is 2.35. The van der Waals surface area contributed by atoms with Crippen molar-refractivity contribution in [1.82, 2.24) is 9.97 Å². The van der Waals surface area contributed by atoms with Gasteiger partial charge in [0.2, 0.25) is 0 Å². The second-order valence-electron chi connectivity index (χ2n) is 4.01. The van der Waals surface area contributed by atoms with Crippen molar-refractivity contribution in [3.8, 4) is 10.7 Å². The summed E-state index contributed by atoms with van der Waals surface area (Å²) in [5, 5.41) is 2.13. The monoisotopic (exact) mass is 334 g/mol. The number of rotatable bonds is 1. The Hall–Kier alpha value is -1.17. The zero-order chi connectivity index (χ0) is 12.1. The van der Waals surface area contributed by atoms with Crippen LogP contribution in [0.2, 0.25) is 0 Å². The van der Waals surface area contributed by atoms with Crippen molar-refractivity contribution in [3.05, 3.63) is 40.2 Å². The molecule has 4 rings (SSSR count). The maximum atomic E-state index is 4.64. The lowest BCUT2D eigenvalue weighted by atomic mass is 10.3. The van der Waals surface area contributed by atoms with Crippen LogP contribution < -0.4 is 0 Å². The molecule has 0 aliphatic carbocycles. The maximum absolute atomic E-state index is 4.64. The van der Waals surface area contributed by atoms with Gasteiger partial charge in [0.25, 0.3) is 0 Å². The summed E-state index contributed by atoms with van der Waals surface area (Å²) in [5.41, 5.74) is 2.07. The van der Waals surface area contributed by atoms with Gasteiger partial charge in [-0.2, -0.15) is 0 Å². The van der Waals surface area contributed by atoms with Gasteiger partial charge in [-0.25, -0.2) is 4.98 Å². The summed E-state index contributed by atoms with van der Waals surface area (Å²) in [4.78, 5) is 9.21. The molecule has 0 amide bonds. The van der Waals surface area contributed by atoms with Gasteiger partial charge in [0.1, 0.15) is 5.82 Å². The summed E-state index contributed by atoms with van der Waals surface area (Å²) in [6.45, 7) is 0. The lowest BCUT2D eigenvalue weighted by Gasteiger charge is -1.88. The summed E-state index contributed by atoms with van der Waals surface area (Å²) >= 11 is 7.03. The van der Waals surface area contributed by atoms with Crippen LogP contribution in [0.5, 0.6) is 0 Å². The van der Waals surface area contributed by atoms with Crippen LogP contribution in [0.1, 0.15) is 0 Å². The molecule has 88 valence electrons. The molecule has 0 fully saturated rings. The van der Waals surface area contributed by atoms with Crippen molar-refractivity contribution in [3.63, 3.8) is 0 Å². The summed E-state index contributed by atoms with van der Waals surface area (Å²) in [6, 6.07) is 10.5. The molecule has 1 aromatic carbocycles. The number of hydrogen-bond acceptors (Lipinski definition) is 3. The third-order valence-corrected chi connectivity index (χ3v) is 5.41. The Balaban J connectivity index is 1.93. The number of aromatic amines is 1. The van der Waals surface area contributed by atoms with E-state index in [2.05, 4.69) is 49.5 Å². The van der Waals surface area contributed by atoms with Crippen molar-refractivity contribution in [2.75, 3.05) is 0 Å². The molecule has 5 heteroatoms. The Kier molecular flexibility index (Phi) is 2.33. The largest absolute Gasteiger partial charge is 0.337 e. The standard InChI is InChI=1S/C13H7BrN2S2/c14-7-1-2-8-9(5-7)16-13(15-8)12-6-11-10(18-12)3-4-17-11/h1-6H,(H,15,16). The number of nitrogens with one attached hydrogen (secondary N) is 1. The van der Waals surface area contributed by atoms with E-state index in [-0.39, 0.29) is 0 Å². The zero-order valence-corrected chi connectivity index (χ0v) is 12.3. The number of imidazole rings is 1. The maximum Gasteiger partial charge on any atom is 0.148 e. The quantitative estimate of drug-likeness (QED) is 0.504. The van der Waals surface area contributed by atoms with Gasteiger partial charge in [-0.1, -0.05) is 15.9 Å². The molecule has 0 aliphatic rings. The molecule has 18 heavy (non-hydrogen) atoms. The number of benzene rings is 1. The van der Waals surface area contributed by atoms with Crippen molar-refractivity contribution in [2.24, 2.45) is 0 Å². The molecule has 2 nitrogen and oxygen atoms in total. The van der Waals surface area contributed by atoms with Crippen LogP contribution in [0.3, 0.4) is 0 Å². The fourth-order valence-corrected chi connectivity index (χ4v) is 4.40. The first-order valence-corrected chi connectivity index (χ1v) is 7.91. The van der Waals surface area contributed by atoms with Crippen LogP contribution in [0, 0.1) is 0 Å². The molecule has 0 unspecified atom stereocenters. The number of aromatic nitrogens is 2. The van der Waals surface area contributed by atoms with Crippen LogP contribution in [-0.2, 0) is 0 Å². The first-order chi connectivity index (χ1) is 8.79. The molecule has 0 bridgehead atoms. The van der Waals surface area contributed by atoms with Crippen LogP contribution in [0.25, 0.3) is 31.1 Å². The number of halogens is 1. The van der Waals surface area contributed by atoms with Crippen molar-refractivity contribution < 1.29 is 0 Å². The highest BCUT2D eigenvalue weighted by molar-refractivity contribution is 9.10. The Bertz CT molecular complexity index is 828. The topological polar surface area (TPSA) is 28.7 Å².